The number of allylic oxidation sites excluding steroid dienone is 2. The highest BCUT2D eigenvalue weighted by Gasteiger charge is 2.33. The second kappa shape index (κ2) is 7.13. The molecule has 0 atom stereocenters. The Balaban J connectivity index is 2.21. The molecule has 0 aliphatic carbocycles. The zero-order chi connectivity index (χ0) is 16.9. The van der Waals surface area contributed by atoms with Crippen molar-refractivity contribution in [3.63, 3.8) is 0 Å². The highest BCUT2D eigenvalue weighted by Crippen LogP contribution is 2.27. The fourth-order valence-electron chi connectivity index (χ4n) is 1.99. The average Bonchev–Trinajstić information content (AvgIpc) is 2.45. The van der Waals surface area contributed by atoms with Gasteiger partial charge in [0.15, 0.2) is 0 Å². The molecular formula is C18H17F3N2. The molecule has 0 bridgehead atoms. The SMILES string of the molecule is Cc1cccc(N=C/C=C(/Nc2cccc(C)c2)C(F)(F)F)c1. The second-order valence-electron chi connectivity index (χ2n) is 5.19. The first-order chi connectivity index (χ1) is 10.8. The normalized spacial score (nSPS) is 12.7. The number of aryl methyl sites for hydroxylation is 2. The molecule has 0 radical (unpaired) electrons. The molecule has 0 saturated carbocycles. The molecule has 0 unspecified atom stereocenters. The van der Waals surface area contributed by atoms with Crippen molar-refractivity contribution in [1.29, 1.82) is 0 Å². The zero-order valence-electron chi connectivity index (χ0n) is 12.9. The minimum absolute atomic E-state index is 0.387. The molecule has 5 heteroatoms. The highest BCUT2D eigenvalue weighted by atomic mass is 19.4. The lowest BCUT2D eigenvalue weighted by atomic mass is 10.2. The van der Waals surface area contributed by atoms with Crippen molar-refractivity contribution >= 4 is 17.6 Å². The Morgan fingerprint density at radius 2 is 1.65 bits per heavy atom. The number of benzene rings is 2. The van der Waals surface area contributed by atoms with E-state index in [2.05, 4.69) is 10.3 Å². The van der Waals surface area contributed by atoms with Crippen LogP contribution in [-0.2, 0) is 0 Å². The van der Waals surface area contributed by atoms with Gasteiger partial charge in [0.05, 0.1) is 5.69 Å². The molecule has 0 heterocycles. The van der Waals surface area contributed by atoms with Crippen LogP contribution in [0.5, 0.6) is 0 Å². The van der Waals surface area contributed by atoms with Crippen molar-refractivity contribution in [3.8, 4) is 0 Å². The highest BCUT2D eigenvalue weighted by molar-refractivity contribution is 5.76. The Hall–Kier alpha value is -2.56. The van der Waals surface area contributed by atoms with Crippen molar-refractivity contribution in [2.24, 2.45) is 4.99 Å². The summed E-state index contributed by atoms with van der Waals surface area (Å²) >= 11 is 0. The van der Waals surface area contributed by atoms with Gasteiger partial charge in [0.2, 0.25) is 0 Å². The van der Waals surface area contributed by atoms with Gasteiger partial charge in [-0.2, -0.15) is 13.2 Å². The van der Waals surface area contributed by atoms with E-state index in [1.165, 1.54) is 0 Å². The number of anilines is 1. The fourth-order valence-corrected chi connectivity index (χ4v) is 1.99. The molecule has 0 spiro atoms. The van der Waals surface area contributed by atoms with Gasteiger partial charge in [0.25, 0.3) is 0 Å². The summed E-state index contributed by atoms with van der Waals surface area (Å²) in [5.41, 5.74) is 2.01. The topological polar surface area (TPSA) is 24.4 Å². The average molecular weight is 318 g/mol. The van der Waals surface area contributed by atoms with Crippen LogP contribution in [0, 0.1) is 13.8 Å². The molecule has 0 aromatic heterocycles. The van der Waals surface area contributed by atoms with Gasteiger partial charge >= 0.3 is 6.18 Å². The monoisotopic (exact) mass is 318 g/mol. The van der Waals surface area contributed by atoms with E-state index < -0.39 is 11.9 Å². The molecular weight excluding hydrogens is 301 g/mol. The summed E-state index contributed by atoms with van der Waals surface area (Å²) in [6.45, 7) is 3.72. The van der Waals surface area contributed by atoms with Gasteiger partial charge < -0.3 is 5.32 Å². The third-order valence-electron chi connectivity index (χ3n) is 3.07. The van der Waals surface area contributed by atoms with Gasteiger partial charge in [-0.25, -0.2) is 0 Å². The van der Waals surface area contributed by atoms with Crippen LogP contribution in [0.3, 0.4) is 0 Å². The van der Waals surface area contributed by atoms with E-state index in [0.29, 0.717) is 11.4 Å². The van der Waals surface area contributed by atoms with Crippen LogP contribution in [0.15, 0.2) is 65.3 Å². The van der Waals surface area contributed by atoms with Crippen LogP contribution in [0.1, 0.15) is 11.1 Å². The summed E-state index contributed by atoms with van der Waals surface area (Å²) in [7, 11) is 0. The van der Waals surface area contributed by atoms with Crippen LogP contribution < -0.4 is 5.32 Å². The lowest BCUT2D eigenvalue weighted by Crippen LogP contribution is -2.19. The molecule has 2 rings (SSSR count). The van der Waals surface area contributed by atoms with Gasteiger partial charge in [-0.05, 0) is 55.3 Å². The first kappa shape index (κ1) is 16.8. The number of halogens is 3. The van der Waals surface area contributed by atoms with Gasteiger partial charge in [-0.3, -0.25) is 4.99 Å². The first-order valence-electron chi connectivity index (χ1n) is 7.06. The quantitative estimate of drug-likeness (QED) is 0.733. The maximum atomic E-state index is 13.1. The Labute approximate surface area is 133 Å². The van der Waals surface area contributed by atoms with Gasteiger partial charge in [-0.1, -0.05) is 24.3 Å². The van der Waals surface area contributed by atoms with Crippen LogP contribution >= 0.6 is 0 Å². The maximum Gasteiger partial charge on any atom is 0.431 e. The summed E-state index contributed by atoms with van der Waals surface area (Å²) in [6.07, 6.45) is -2.40. The van der Waals surface area contributed by atoms with E-state index in [4.69, 9.17) is 0 Å². The molecule has 0 aliphatic rings. The van der Waals surface area contributed by atoms with Crippen molar-refractivity contribution < 1.29 is 13.2 Å². The van der Waals surface area contributed by atoms with Crippen molar-refractivity contribution in [2.75, 3.05) is 5.32 Å². The van der Waals surface area contributed by atoms with Gasteiger partial charge in [0.1, 0.15) is 5.70 Å². The Bertz CT molecular complexity index is 731. The minimum Gasteiger partial charge on any atom is -0.351 e. The third kappa shape index (κ3) is 5.29. The fraction of sp³-hybridized carbons (Fsp3) is 0.167. The number of alkyl halides is 3. The zero-order valence-corrected chi connectivity index (χ0v) is 12.9. The smallest absolute Gasteiger partial charge is 0.351 e. The Morgan fingerprint density at radius 3 is 2.26 bits per heavy atom. The summed E-state index contributed by atoms with van der Waals surface area (Å²) in [5.74, 6) is 0. The van der Waals surface area contributed by atoms with Crippen LogP contribution in [0.4, 0.5) is 24.5 Å². The Kier molecular flexibility index (Phi) is 5.21. The molecule has 2 nitrogen and oxygen atoms in total. The van der Waals surface area contributed by atoms with Gasteiger partial charge in [-0.15, -0.1) is 0 Å². The van der Waals surface area contributed by atoms with E-state index in [9.17, 15) is 13.2 Å². The third-order valence-corrected chi connectivity index (χ3v) is 3.07. The maximum absolute atomic E-state index is 13.1. The lowest BCUT2D eigenvalue weighted by Gasteiger charge is -2.14. The number of aliphatic imine (C=N–C) groups is 1. The second-order valence-corrected chi connectivity index (χ2v) is 5.19. The number of hydrogen-bond donors (Lipinski definition) is 1. The number of nitrogens with one attached hydrogen (secondary N) is 1. The van der Waals surface area contributed by atoms with E-state index >= 15 is 0 Å². The van der Waals surface area contributed by atoms with Crippen LogP contribution in [-0.4, -0.2) is 12.4 Å². The molecule has 0 amide bonds. The Morgan fingerprint density at radius 1 is 1.00 bits per heavy atom. The first-order valence-corrected chi connectivity index (χ1v) is 7.06. The largest absolute Gasteiger partial charge is 0.431 e. The van der Waals surface area contributed by atoms with Gasteiger partial charge in [0, 0.05) is 11.9 Å². The van der Waals surface area contributed by atoms with E-state index in [1.807, 2.05) is 26.0 Å². The molecule has 0 saturated heterocycles. The molecule has 23 heavy (non-hydrogen) atoms. The van der Waals surface area contributed by atoms with Crippen LogP contribution in [0.25, 0.3) is 0 Å². The van der Waals surface area contributed by atoms with E-state index in [-0.39, 0.29) is 0 Å². The molecule has 1 N–H and O–H groups in total. The number of hydrogen-bond acceptors (Lipinski definition) is 2. The predicted molar refractivity (Wildman–Crippen MR) is 88.3 cm³/mol. The predicted octanol–water partition coefficient (Wildman–Crippen LogP) is 5.56. The molecule has 0 aliphatic heterocycles. The number of nitrogens with zero attached hydrogens (tertiary/aromatic N) is 1. The molecule has 2 aromatic carbocycles. The van der Waals surface area contributed by atoms with Crippen molar-refractivity contribution in [2.45, 2.75) is 20.0 Å². The summed E-state index contributed by atoms with van der Waals surface area (Å²) in [5, 5.41) is 2.40. The summed E-state index contributed by atoms with van der Waals surface area (Å²) in [6, 6.07) is 14.0. The minimum atomic E-state index is -4.48. The molecule has 120 valence electrons. The molecule has 0 fully saturated rings. The van der Waals surface area contributed by atoms with Crippen LogP contribution in [0.2, 0.25) is 0 Å². The summed E-state index contributed by atoms with van der Waals surface area (Å²) in [4.78, 5) is 4.04. The lowest BCUT2D eigenvalue weighted by molar-refractivity contribution is -0.0901. The van der Waals surface area contributed by atoms with E-state index in [0.717, 1.165) is 23.4 Å². The molecule has 2 aromatic rings. The summed E-state index contributed by atoms with van der Waals surface area (Å²) < 4.78 is 39.3. The van der Waals surface area contributed by atoms with E-state index in [1.54, 1.807) is 36.4 Å². The number of rotatable bonds is 4. The standard InChI is InChI=1S/C18H17F3N2/c1-13-5-3-7-15(11-13)22-10-9-17(18(19,20)21)23-16-8-4-6-14(2)12-16/h3-12,23H,1-2H3/b17-9+,22-10?. The van der Waals surface area contributed by atoms with Crippen molar-refractivity contribution in [1.82, 2.24) is 0 Å². The van der Waals surface area contributed by atoms with Crippen molar-refractivity contribution in [3.05, 3.63) is 71.4 Å².